The van der Waals surface area contributed by atoms with Crippen LogP contribution in [0.5, 0.6) is 0 Å². The molecule has 2 unspecified atom stereocenters. The van der Waals surface area contributed by atoms with Crippen LogP contribution in [0.15, 0.2) is 0 Å². The van der Waals surface area contributed by atoms with Gasteiger partial charge in [-0.25, -0.2) is 9.59 Å². The molecule has 2 heterocycles. The molecular weight excluding hydrogens is 240 g/mol. The van der Waals surface area contributed by atoms with Gasteiger partial charge in [-0.05, 0) is 11.8 Å². The highest BCUT2D eigenvalue weighted by Gasteiger charge is 2.39. The summed E-state index contributed by atoms with van der Waals surface area (Å²) in [5.74, 6) is 1.09. The molecular formula is C11H18N2O3S. The van der Waals surface area contributed by atoms with E-state index in [-0.39, 0.29) is 6.03 Å². The van der Waals surface area contributed by atoms with Gasteiger partial charge in [-0.2, -0.15) is 0 Å². The summed E-state index contributed by atoms with van der Waals surface area (Å²) >= 11 is 1.50. The number of nitrogens with zero attached hydrogens (tertiary/aromatic N) is 2. The fourth-order valence-electron chi connectivity index (χ4n) is 2.30. The van der Waals surface area contributed by atoms with Crippen LogP contribution in [0.3, 0.4) is 0 Å². The molecule has 2 rings (SSSR count). The largest absolute Gasteiger partial charge is 0.480 e. The molecule has 0 bridgehead atoms. The second kappa shape index (κ2) is 4.76. The number of rotatable bonds is 1. The molecule has 2 saturated heterocycles. The number of likely N-dealkylation sites (tertiary alicyclic amines) is 1. The lowest BCUT2D eigenvalue weighted by atomic mass is 10.0. The topological polar surface area (TPSA) is 60.9 Å². The Labute approximate surface area is 105 Å². The quantitative estimate of drug-likeness (QED) is 0.766. The summed E-state index contributed by atoms with van der Waals surface area (Å²) in [5.41, 5.74) is 0. The van der Waals surface area contributed by atoms with Crippen molar-refractivity contribution in [2.45, 2.75) is 19.9 Å². The van der Waals surface area contributed by atoms with E-state index in [4.69, 9.17) is 5.11 Å². The molecule has 5 nitrogen and oxygen atoms in total. The monoisotopic (exact) mass is 258 g/mol. The number of carbonyl (C=O) groups is 2. The Kier molecular flexibility index (Phi) is 3.51. The third kappa shape index (κ3) is 2.36. The zero-order valence-corrected chi connectivity index (χ0v) is 10.9. The summed E-state index contributed by atoms with van der Waals surface area (Å²) in [5, 5.41) is 9.05. The van der Waals surface area contributed by atoms with E-state index in [1.807, 2.05) is 0 Å². The maximum absolute atomic E-state index is 12.2. The van der Waals surface area contributed by atoms with E-state index in [1.54, 1.807) is 4.90 Å². The number of carboxylic acids is 1. The summed E-state index contributed by atoms with van der Waals surface area (Å²) in [6.45, 7) is 5.75. The van der Waals surface area contributed by atoms with Crippen LogP contribution in [0.1, 0.15) is 13.8 Å². The van der Waals surface area contributed by atoms with Gasteiger partial charge in [0.1, 0.15) is 6.04 Å². The first-order valence-electron chi connectivity index (χ1n) is 5.86. The minimum absolute atomic E-state index is 0.112. The summed E-state index contributed by atoms with van der Waals surface area (Å²) in [6, 6.07) is -0.766. The van der Waals surface area contributed by atoms with Gasteiger partial charge in [-0.1, -0.05) is 13.8 Å². The van der Waals surface area contributed by atoms with Crippen LogP contribution in [-0.4, -0.2) is 57.7 Å². The lowest BCUT2D eigenvalue weighted by molar-refractivity contribution is -0.140. The lowest BCUT2D eigenvalue weighted by Gasteiger charge is -2.26. The van der Waals surface area contributed by atoms with Gasteiger partial charge in [0.25, 0.3) is 0 Å². The van der Waals surface area contributed by atoms with E-state index >= 15 is 0 Å². The maximum atomic E-state index is 12.2. The number of urea groups is 1. The highest BCUT2D eigenvalue weighted by atomic mass is 32.2. The van der Waals surface area contributed by atoms with E-state index in [0.717, 1.165) is 13.1 Å². The van der Waals surface area contributed by atoms with Gasteiger partial charge < -0.3 is 14.9 Å². The minimum atomic E-state index is -0.899. The second-order valence-electron chi connectivity index (χ2n) is 4.97. The zero-order valence-electron chi connectivity index (χ0n) is 10.1. The molecule has 1 N–H and O–H groups in total. The van der Waals surface area contributed by atoms with Gasteiger partial charge in [0.05, 0.1) is 5.88 Å². The van der Waals surface area contributed by atoms with Gasteiger partial charge in [0.2, 0.25) is 0 Å². The molecule has 2 aliphatic heterocycles. The van der Waals surface area contributed by atoms with Gasteiger partial charge in [0, 0.05) is 18.8 Å². The summed E-state index contributed by atoms with van der Waals surface area (Å²) < 4.78 is 0. The smallest absolute Gasteiger partial charge is 0.327 e. The molecule has 0 aromatic heterocycles. The van der Waals surface area contributed by atoms with Crippen molar-refractivity contribution in [3.05, 3.63) is 0 Å². The Hall–Kier alpha value is -0.910. The summed E-state index contributed by atoms with van der Waals surface area (Å²) in [4.78, 5) is 26.5. The molecule has 0 aliphatic carbocycles. The van der Waals surface area contributed by atoms with Crippen LogP contribution in [0, 0.1) is 11.8 Å². The standard InChI is InChI=1S/C11H18N2O3S/c1-7-3-12(4-8(7)2)11(16)13-6-17-5-9(13)10(14)15/h7-9H,3-6H2,1-2H3,(H,14,15)/t7?,8?,9-/m0/s1. The fourth-order valence-corrected chi connectivity index (χ4v) is 3.44. The SMILES string of the molecule is CC1CN(C(=O)N2CSC[C@H]2C(=O)O)CC1C. The Morgan fingerprint density at radius 1 is 1.24 bits per heavy atom. The average molecular weight is 258 g/mol. The highest BCUT2D eigenvalue weighted by Crippen LogP contribution is 2.27. The normalized spacial score (nSPS) is 33.2. The molecule has 96 valence electrons. The first-order valence-corrected chi connectivity index (χ1v) is 7.02. The van der Waals surface area contributed by atoms with E-state index in [9.17, 15) is 9.59 Å². The van der Waals surface area contributed by atoms with Gasteiger partial charge >= 0.3 is 12.0 Å². The Morgan fingerprint density at radius 3 is 2.35 bits per heavy atom. The van der Waals surface area contributed by atoms with Crippen molar-refractivity contribution in [3.63, 3.8) is 0 Å². The molecule has 3 atom stereocenters. The molecule has 2 fully saturated rings. The number of hydrogen-bond donors (Lipinski definition) is 1. The van der Waals surface area contributed by atoms with Crippen LogP contribution in [0.25, 0.3) is 0 Å². The van der Waals surface area contributed by atoms with Crippen molar-refractivity contribution >= 4 is 23.8 Å². The van der Waals surface area contributed by atoms with Crippen LogP contribution in [0.2, 0.25) is 0 Å². The Bertz CT molecular complexity index is 327. The first-order chi connectivity index (χ1) is 8.00. The van der Waals surface area contributed by atoms with Gasteiger partial charge in [0.15, 0.2) is 0 Å². The molecule has 6 heteroatoms. The molecule has 0 radical (unpaired) electrons. The highest BCUT2D eigenvalue weighted by molar-refractivity contribution is 7.99. The van der Waals surface area contributed by atoms with Crippen molar-refractivity contribution in [3.8, 4) is 0 Å². The maximum Gasteiger partial charge on any atom is 0.327 e. The van der Waals surface area contributed by atoms with Crippen LogP contribution >= 0.6 is 11.8 Å². The van der Waals surface area contributed by atoms with Crippen LogP contribution < -0.4 is 0 Å². The van der Waals surface area contributed by atoms with Crippen LogP contribution in [0.4, 0.5) is 4.79 Å². The fraction of sp³-hybridized carbons (Fsp3) is 0.818. The third-order valence-corrected chi connectivity index (χ3v) is 4.68. The van der Waals surface area contributed by atoms with Crippen molar-refractivity contribution in [1.29, 1.82) is 0 Å². The van der Waals surface area contributed by atoms with Crippen molar-refractivity contribution < 1.29 is 14.7 Å². The summed E-state index contributed by atoms with van der Waals surface area (Å²) in [7, 11) is 0. The molecule has 17 heavy (non-hydrogen) atoms. The Morgan fingerprint density at radius 2 is 1.82 bits per heavy atom. The lowest BCUT2D eigenvalue weighted by Crippen LogP contribution is -2.48. The first kappa shape index (κ1) is 12.5. The molecule has 0 spiro atoms. The number of amides is 2. The number of carboxylic acid groups (broad SMARTS) is 1. The number of carbonyl (C=O) groups excluding carboxylic acids is 1. The van der Waals surface area contributed by atoms with Crippen LogP contribution in [-0.2, 0) is 4.79 Å². The van der Waals surface area contributed by atoms with Gasteiger partial charge in [-0.15, -0.1) is 11.8 Å². The number of thioether (sulfide) groups is 1. The van der Waals surface area contributed by atoms with E-state index in [1.165, 1.54) is 16.7 Å². The zero-order chi connectivity index (χ0) is 12.6. The van der Waals surface area contributed by atoms with E-state index in [0.29, 0.717) is 23.5 Å². The average Bonchev–Trinajstić information content (AvgIpc) is 2.85. The Balaban J connectivity index is 2.03. The summed E-state index contributed by atoms with van der Waals surface area (Å²) in [6.07, 6.45) is 0. The predicted octanol–water partition coefficient (Wildman–Crippen LogP) is 1.15. The molecule has 2 aliphatic rings. The van der Waals surface area contributed by atoms with Crippen molar-refractivity contribution in [1.82, 2.24) is 9.80 Å². The third-order valence-electron chi connectivity index (χ3n) is 3.67. The second-order valence-corrected chi connectivity index (χ2v) is 5.97. The van der Waals surface area contributed by atoms with Crippen molar-refractivity contribution in [2.75, 3.05) is 24.7 Å². The minimum Gasteiger partial charge on any atom is -0.480 e. The molecule has 2 amide bonds. The molecule has 0 saturated carbocycles. The molecule has 0 aromatic rings. The van der Waals surface area contributed by atoms with E-state index < -0.39 is 12.0 Å². The number of hydrogen-bond acceptors (Lipinski definition) is 3. The van der Waals surface area contributed by atoms with Crippen molar-refractivity contribution in [2.24, 2.45) is 11.8 Å². The van der Waals surface area contributed by atoms with E-state index in [2.05, 4.69) is 13.8 Å². The predicted molar refractivity (Wildman–Crippen MR) is 65.9 cm³/mol. The molecule has 0 aromatic carbocycles. The van der Waals surface area contributed by atoms with Gasteiger partial charge in [-0.3, -0.25) is 0 Å². The number of aliphatic carboxylic acids is 1.